The molecule has 4 rings (SSSR count). The van der Waals surface area contributed by atoms with Crippen molar-refractivity contribution < 1.29 is 34.1 Å². The van der Waals surface area contributed by atoms with Gasteiger partial charge in [-0.25, -0.2) is 0 Å². The summed E-state index contributed by atoms with van der Waals surface area (Å²) in [7, 11) is 0. The lowest BCUT2D eigenvalue weighted by Gasteiger charge is -2.16. The molecule has 2 unspecified atom stereocenters. The first-order valence-electron chi connectivity index (χ1n) is 17.7. The first-order chi connectivity index (χ1) is 26.0. The van der Waals surface area contributed by atoms with E-state index in [0.29, 0.717) is 40.0 Å². The van der Waals surface area contributed by atoms with Crippen molar-refractivity contribution in [1.29, 1.82) is 0 Å². The summed E-state index contributed by atoms with van der Waals surface area (Å²) < 4.78 is 11.6. The third-order valence-electron chi connectivity index (χ3n) is 8.17. The van der Waals surface area contributed by atoms with Gasteiger partial charge >= 0.3 is 11.9 Å². The lowest BCUT2D eigenvalue weighted by Crippen LogP contribution is -2.29. The fourth-order valence-electron chi connectivity index (χ4n) is 5.26. The number of ether oxygens (including phenoxy) is 2. The molecule has 0 saturated carbocycles. The molecule has 1 amide bonds. The zero-order valence-corrected chi connectivity index (χ0v) is 34.6. The zero-order chi connectivity index (χ0) is 40.8. The summed E-state index contributed by atoms with van der Waals surface area (Å²) in [6, 6.07) is 18.9. The van der Waals surface area contributed by atoms with Crippen molar-refractivity contribution in [2.24, 2.45) is 0 Å². The van der Waals surface area contributed by atoms with Crippen molar-refractivity contribution in [3.63, 3.8) is 0 Å². The second-order valence-electron chi connectivity index (χ2n) is 13.2. The summed E-state index contributed by atoms with van der Waals surface area (Å²) in [6.07, 6.45) is 1.91. The summed E-state index contributed by atoms with van der Waals surface area (Å²) in [5.41, 5.74) is 6.93. The molecule has 55 heavy (non-hydrogen) atoms. The first-order valence-corrected chi connectivity index (χ1v) is 19.2. The van der Waals surface area contributed by atoms with E-state index in [9.17, 15) is 14.4 Å². The lowest BCUT2D eigenvalue weighted by atomic mass is 10.1. The molecular weight excluding hydrogens is 788 g/mol. The lowest BCUT2D eigenvalue weighted by molar-refractivity contribution is -0.137. The Balaban J connectivity index is 0.000000297. The van der Waals surface area contributed by atoms with Gasteiger partial charge in [-0.2, -0.15) is 0 Å². The van der Waals surface area contributed by atoms with Gasteiger partial charge < -0.3 is 35.6 Å². The van der Waals surface area contributed by atoms with Crippen LogP contribution in [0.25, 0.3) is 0 Å². The molecule has 5 N–H and O–H groups in total. The number of carbonyl (C=O) groups excluding carboxylic acids is 1. The van der Waals surface area contributed by atoms with E-state index in [-0.39, 0.29) is 34.4 Å². The molecule has 0 aliphatic carbocycles. The van der Waals surface area contributed by atoms with Gasteiger partial charge in [0.2, 0.25) is 0 Å². The van der Waals surface area contributed by atoms with Crippen LogP contribution in [0.4, 0.5) is 11.4 Å². The Labute approximate surface area is 342 Å². The van der Waals surface area contributed by atoms with Gasteiger partial charge in [-0.3, -0.25) is 14.4 Å². The fraction of sp³-hybridized carbons (Fsp3) is 0.341. The number of carboxylic acids is 2. The largest absolute Gasteiger partial charge is 0.486 e. The van der Waals surface area contributed by atoms with E-state index in [1.54, 1.807) is 12.1 Å². The second-order valence-corrected chi connectivity index (χ2v) is 14.8. The molecule has 4 aromatic rings. The van der Waals surface area contributed by atoms with Crippen LogP contribution in [0, 0.1) is 13.8 Å². The Kier molecular flexibility index (Phi) is 17.7. The molecule has 0 heterocycles. The van der Waals surface area contributed by atoms with Crippen LogP contribution >= 0.6 is 46.4 Å². The molecule has 0 bridgehead atoms. The third-order valence-corrected chi connectivity index (χ3v) is 9.29. The van der Waals surface area contributed by atoms with E-state index >= 15 is 0 Å². The molecule has 10 nitrogen and oxygen atoms in total. The highest BCUT2D eigenvalue weighted by atomic mass is 35.5. The molecule has 0 aliphatic rings. The summed E-state index contributed by atoms with van der Waals surface area (Å²) in [5.74, 6) is -2.04. The summed E-state index contributed by atoms with van der Waals surface area (Å²) in [4.78, 5) is 33.4. The van der Waals surface area contributed by atoms with Crippen LogP contribution in [0.2, 0.25) is 20.1 Å². The number of aryl methyl sites for hydroxylation is 2. The molecule has 0 saturated heterocycles. The van der Waals surface area contributed by atoms with Gasteiger partial charge in [0.05, 0.1) is 26.5 Å². The van der Waals surface area contributed by atoms with Crippen molar-refractivity contribution in [2.45, 2.75) is 86.1 Å². The van der Waals surface area contributed by atoms with Gasteiger partial charge in [-0.1, -0.05) is 72.4 Å². The van der Waals surface area contributed by atoms with Crippen molar-refractivity contribution in [3.8, 4) is 11.5 Å². The summed E-state index contributed by atoms with van der Waals surface area (Å²) in [5, 5.41) is 27.6. The van der Waals surface area contributed by atoms with Gasteiger partial charge in [-0.05, 0) is 117 Å². The Hall–Kier alpha value is -4.35. The number of carbonyl (C=O) groups is 3. The topological polar surface area (TPSA) is 146 Å². The standard InChI is InChI=1S/C21H24Cl2N2O4.C20H23Cl2NO3/c1-4-13(3)25-16-6-12(2)5-14(7-16)11-29-20-17(22)8-15(9-18(20)23)21(28)24-10-19(26)27;1-4-13(3)23-16-6-12(2)5-15(7-16)11-26-20-17(21)8-14(9-18(20)22)10-19(24)25/h5-9,13,25H,4,10-11H2,1-3H3,(H,24,28)(H,26,27);5-9,13,23H,4,10-11H2,1-3H3,(H,24,25). The van der Waals surface area contributed by atoms with Gasteiger partial charge in [0.15, 0.2) is 11.5 Å². The molecule has 0 fully saturated rings. The number of rotatable bonds is 17. The third kappa shape index (κ3) is 15.0. The van der Waals surface area contributed by atoms with Crippen LogP contribution in [0.1, 0.15) is 78.7 Å². The van der Waals surface area contributed by atoms with Crippen LogP contribution in [-0.4, -0.2) is 46.7 Å². The maximum Gasteiger partial charge on any atom is 0.322 e. The van der Waals surface area contributed by atoms with Crippen molar-refractivity contribution in [1.82, 2.24) is 5.32 Å². The van der Waals surface area contributed by atoms with Gasteiger partial charge in [0, 0.05) is 29.0 Å². The SMILES string of the molecule is CCC(C)Nc1cc(C)cc(COc2c(Cl)cc(C(=O)NCC(=O)O)cc2Cl)c1.CCC(C)Nc1cc(C)cc(COc2c(Cl)cc(CC(=O)O)cc2Cl)c1. The molecule has 0 spiro atoms. The molecule has 0 aliphatic heterocycles. The number of nitrogens with one attached hydrogen (secondary N) is 3. The summed E-state index contributed by atoms with van der Waals surface area (Å²) in [6.45, 7) is 12.6. The number of benzene rings is 4. The van der Waals surface area contributed by atoms with E-state index < -0.39 is 24.4 Å². The molecule has 0 aromatic heterocycles. The Bertz CT molecular complexity index is 1930. The van der Waals surface area contributed by atoms with E-state index in [0.717, 1.165) is 46.5 Å². The highest BCUT2D eigenvalue weighted by molar-refractivity contribution is 6.38. The number of hydrogen-bond acceptors (Lipinski definition) is 7. The van der Waals surface area contributed by atoms with Crippen LogP contribution in [0.15, 0.2) is 60.7 Å². The first kappa shape index (κ1) is 45.0. The maximum atomic E-state index is 12.0. The molecule has 4 aromatic carbocycles. The molecular formula is C41H47Cl4N3O7. The fourth-order valence-corrected chi connectivity index (χ4v) is 6.49. The minimum Gasteiger partial charge on any atom is -0.486 e. The monoisotopic (exact) mass is 833 g/mol. The van der Waals surface area contributed by atoms with Crippen LogP contribution in [0.3, 0.4) is 0 Å². The van der Waals surface area contributed by atoms with Gasteiger partial charge in [-0.15, -0.1) is 0 Å². The highest BCUT2D eigenvalue weighted by Gasteiger charge is 2.16. The Morgan fingerprint density at radius 2 is 1.04 bits per heavy atom. The molecule has 296 valence electrons. The van der Waals surface area contributed by atoms with Crippen LogP contribution in [-0.2, 0) is 29.2 Å². The second kappa shape index (κ2) is 21.7. The number of hydrogen-bond donors (Lipinski definition) is 5. The summed E-state index contributed by atoms with van der Waals surface area (Å²) >= 11 is 24.9. The quantitative estimate of drug-likeness (QED) is 0.0701. The van der Waals surface area contributed by atoms with Gasteiger partial charge in [0.25, 0.3) is 5.91 Å². The van der Waals surface area contributed by atoms with Gasteiger partial charge in [0.1, 0.15) is 19.8 Å². The molecule has 0 radical (unpaired) electrons. The van der Waals surface area contributed by atoms with E-state index in [4.69, 9.17) is 66.1 Å². The predicted molar refractivity (Wildman–Crippen MR) is 222 cm³/mol. The van der Waals surface area contributed by atoms with Crippen molar-refractivity contribution in [2.75, 3.05) is 17.2 Å². The van der Waals surface area contributed by atoms with Crippen molar-refractivity contribution in [3.05, 3.63) is 114 Å². The normalized spacial score (nSPS) is 11.7. The average Bonchev–Trinajstić information content (AvgIpc) is 3.09. The van der Waals surface area contributed by atoms with Crippen molar-refractivity contribution >= 4 is 75.6 Å². The average molecular weight is 836 g/mol. The molecule has 2 atom stereocenters. The molecule has 14 heteroatoms. The maximum absolute atomic E-state index is 12.0. The predicted octanol–water partition coefficient (Wildman–Crippen LogP) is 10.6. The van der Waals surface area contributed by atoms with Crippen LogP contribution in [0.5, 0.6) is 11.5 Å². The van der Waals surface area contributed by atoms with E-state index in [1.807, 2.05) is 38.1 Å². The Morgan fingerprint density at radius 1 is 0.618 bits per heavy atom. The smallest absolute Gasteiger partial charge is 0.322 e. The zero-order valence-electron chi connectivity index (χ0n) is 31.6. The number of anilines is 2. The van der Waals surface area contributed by atoms with E-state index in [1.165, 1.54) is 12.1 Å². The minimum atomic E-state index is -1.14. The Morgan fingerprint density at radius 3 is 1.42 bits per heavy atom. The number of halogens is 4. The minimum absolute atomic E-state index is 0.137. The number of carboxylic acid groups (broad SMARTS) is 2. The number of amides is 1. The van der Waals surface area contributed by atoms with Crippen LogP contribution < -0.4 is 25.4 Å². The number of aliphatic carboxylic acids is 2. The van der Waals surface area contributed by atoms with E-state index in [2.05, 4.69) is 55.8 Å². The highest BCUT2D eigenvalue weighted by Crippen LogP contribution is 2.36.